The van der Waals surface area contributed by atoms with E-state index in [1.54, 1.807) is 0 Å². The Kier molecular flexibility index (Phi) is 6.30. The number of hydrogen-bond donors (Lipinski definition) is 4. The topological polar surface area (TPSA) is 80.9 Å². The summed E-state index contributed by atoms with van der Waals surface area (Å²) in [5.41, 5.74) is 0. The third-order valence-corrected chi connectivity index (χ3v) is 1.04. The highest BCUT2D eigenvalue weighted by Crippen LogP contribution is 2.41. The Labute approximate surface area is 85.7 Å². The molecule has 0 aromatic carbocycles. The summed E-state index contributed by atoms with van der Waals surface area (Å²) in [5.74, 6) is -5.90. The Morgan fingerprint density at radius 3 is 1.25 bits per heavy atom. The van der Waals surface area contributed by atoms with Crippen LogP contribution >= 0.6 is 0 Å². The summed E-state index contributed by atoms with van der Waals surface area (Å²) in [6.45, 7) is 1.39. The first-order valence-electron chi connectivity index (χ1n) is 3.64. The van der Waals surface area contributed by atoms with E-state index in [0.29, 0.717) is 0 Å². The summed E-state index contributed by atoms with van der Waals surface area (Å²) >= 11 is 0. The van der Waals surface area contributed by atoms with Crippen LogP contribution in [-0.4, -0.2) is 51.3 Å². The van der Waals surface area contributed by atoms with Gasteiger partial charge in [0.25, 0.3) is 0 Å². The molecular formula is C6H10F6O4. The third kappa shape index (κ3) is 5.49. The summed E-state index contributed by atoms with van der Waals surface area (Å²) in [5, 5.41) is 30.6. The molecular weight excluding hydrogens is 250 g/mol. The van der Waals surface area contributed by atoms with Gasteiger partial charge in [-0.2, -0.15) is 26.3 Å². The predicted octanol–water partition coefficient (Wildman–Crippen LogP) is 0.151. The quantitative estimate of drug-likeness (QED) is 0.533. The zero-order valence-corrected chi connectivity index (χ0v) is 7.84. The van der Waals surface area contributed by atoms with E-state index < -0.39 is 24.2 Å². The molecule has 0 saturated heterocycles. The van der Waals surface area contributed by atoms with Crippen LogP contribution in [0, 0.1) is 0 Å². The lowest BCUT2D eigenvalue weighted by Gasteiger charge is -2.25. The van der Waals surface area contributed by atoms with Gasteiger partial charge >= 0.3 is 18.1 Å². The number of halogens is 6. The number of alkyl halides is 6. The Morgan fingerprint density at radius 1 is 1.00 bits per heavy atom. The molecule has 0 spiro atoms. The van der Waals surface area contributed by atoms with Crippen LogP contribution in [0.15, 0.2) is 0 Å². The van der Waals surface area contributed by atoms with Crippen molar-refractivity contribution in [3.63, 3.8) is 0 Å². The molecule has 0 bridgehead atoms. The minimum atomic E-state index is -6.23. The van der Waals surface area contributed by atoms with Crippen LogP contribution in [0.2, 0.25) is 0 Å². The lowest BCUT2D eigenvalue weighted by Crippen LogP contribution is -2.55. The number of rotatable bonds is 2. The zero-order chi connectivity index (χ0) is 13.8. The monoisotopic (exact) mass is 260 g/mol. The second kappa shape index (κ2) is 5.66. The Balaban J connectivity index is 0. The maximum atomic E-state index is 11.5. The molecule has 0 aliphatic heterocycles. The maximum absolute atomic E-state index is 11.5. The fourth-order valence-electron chi connectivity index (χ4n) is 0.171. The second-order valence-corrected chi connectivity index (χ2v) is 2.69. The molecule has 2 unspecified atom stereocenters. The van der Waals surface area contributed by atoms with Crippen LogP contribution in [0.25, 0.3) is 0 Å². The minimum Gasteiger partial charge on any atom is -0.394 e. The molecule has 0 heterocycles. The van der Waals surface area contributed by atoms with Crippen molar-refractivity contribution in [3.8, 4) is 0 Å². The normalized spacial score (nSPS) is 18.2. The first-order chi connectivity index (χ1) is 6.77. The number of aliphatic hydroxyl groups is 4. The first kappa shape index (κ1) is 17.8. The molecule has 0 aliphatic carbocycles. The lowest BCUT2D eigenvalue weighted by molar-refractivity contribution is -0.438. The fraction of sp³-hybridized carbons (Fsp3) is 1.00. The number of hydrogen-bond acceptors (Lipinski definition) is 4. The Hall–Kier alpha value is -0.580. The Bertz CT molecular complexity index is 180. The first-order valence-corrected chi connectivity index (χ1v) is 3.64. The molecule has 4 nitrogen and oxygen atoms in total. The van der Waals surface area contributed by atoms with Gasteiger partial charge in [-0.1, -0.05) is 0 Å². The molecule has 10 heteroatoms. The largest absolute Gasteiger partial charge is 0.457 e. The van der Waals surface area contributed by atoms with Crippen LogP contribution in [-0.2, 0) is 0 Å². The van der Waals surface area contributed by atoms with Crippen molar-refractivity contribution in [2.75, 3.05) is 6.61 Å². The van der Waals surface area contributed by atoms with Crippen molar-refractivity contribution in [2.24, 2.45) is 0 Å². The smallest absolute Gasteiger partial charge is 0.394 e. The van der Waals surface area contributed by atoms with Gasteiger partial charge in [-0.15, -0.1) is 0 Å². The van der Waals surface area contributed by atoms with Gasteiger partial charge in [0.2, 0.25) is 0 Å². The summed E-state index contributed by atoms with van der Waals surface area (Å²) < 4.78 is 67.1. The van der Waals surface area contributed by atoms with Crippen LogP contribution < -0.4 is 0 Å². The van der Waals surface area contributed by atoms with Crippen molar-refractivity contribution < 1.29 is 46.8 Å². The van der Waals surface area contributed by atoms with Crippen molar-refractivity contribution in [3.05, 3.63) is 0 Å². The van der Waals surface area contributed by atoms with Crippen molar-refractivity contribution in [1.29, 1.82) is 0 Å². The molecule has 0 rings (SSSR count). The highest BCUT2D eigenvalue weighted by molar-refractivity contribution is 4.82. The average Bonchev–Trinajstić information content (AvgIpc) is 2.01. The van der Waals surface area contributed by atoms with Crippen LogP contribution in [0.1, 0.15) is 6.92 Å². The molecule has 0 radical (unpaired) electrons. The molecule has 0 aromatic rings. The summed E-state index contributed by atoms with van der Waals surface area (Å²) in [4.78, 5) is 0. The minimum absolute atomic E-state index is 0.139. The lowest BCUT2D eigenvalue weighted by atomic mass is 10.3. The van der Waals surface area contributed by atoms with Gasteiger partial charge in [0, 0.05) is 0 Å². The maximum Gasteiger partial charge on any atom is 0.457 e. The average molecular weight is 260 g/mol. The predicted molar refractivity (Wildman–Crippen MR) is 38.0 cm³/mol. The molecule has 2 atom stereocenters. The molecule has 0 amide bonds. The molecule has 0 saturated carbocycles. The Morgan fingerprint density at radius 2 is 1.25 bits per heavy atom. The second-order valence-electron chi connectivity index (χ2n) is 2.69. The summed E-state index contributed by atoms with van der Waals surface area (Å²) in [6.07, 6.45) is -12.6. The van der Waals surface area contributed by atoms with Gasteiger partial charge in [0.15, 0.2) is 0 Å². The van der Waals surface area contributed by atoms with E-state index in [4.69, 9.17) is 20.4 Å². The molecule has 0 aliphatic rings. The van der Waals surface area contributed by atoms with Crippen molar-refractivity contribution >= 4 is 0 Å². The number of aliphatic hydroxyl groups excluding tert-OH is 2. The van der Waals surface area contributed by atoms with Gasteiger partial charge in [-0.3, -0.25) is 0 Å². The molecule has 4 N–H and O–H groups in total. The van der Waals surface area contributed by atoms with E-state index in [2.05, 4.69) is 0 Å². The molecule has 16 heavy (non-hydrogen) atoms. The third-order valence-electron chi connectivity index (χ3n) is 1.04. The van der Waals surface area contributed by atoms with Gasteiger partial charge in [0.1, 0.15) is 0 Å². The standard InChI is InChI=1S/C3H2F6O2.C3H8O2/c4-1(10,2(5,6)7)3(8,9)11;1-3(5)2-4/h10-11H;3-5H,2H2,1H3. The van der Waals surface area contributed by atoms with E-state index in [9.17, 15) is 26.3 Å². The summed E-state index contributed by atoms with van der Waals surface area (Å²) in [6, 6.07) is 0. The highest BCUT2D eigenvalue weighted by atomic mass is 19.4. The summed E-state index contributed by atoms with van der Waals surface area (Å²) in [7, 11) is 0. The molecule has 0 aromatic heterocycles. The van der Waals surface area contributed by atoms with Gasteiger partial charge in [-0.05, 0) is 6.92 Å². The van der Waals surface area contributed by atoms with Gasteiger partial charge in [0.05, 0.1) is 12.7 Å². The van der Waals surface area contributed by atoms with Gasteiger partial charge < -0.3 is 20.4 Å². The van der Waals surface area contributed by atoms with Crippen molar-refractivity contribution in [1.82, 2.24) is 0 Å². The zero-order valence-electron chi connectivity index (χ0n) is 7.84. The van der Waals surface area contributed by atoms with Gasteiger partial charge in [-0.25, -0.2) is 0 Å². The highest BCUT2D eigenvalue weighted by Gasteiger charge is 2.71. The molecule has 100 valence electrons. The van der Waals surface area contributed by atoms with Crippen LogP contribution in [0.4, 0.5) is 26.3 Å². The fourth-order valence-corrected chi connectivity index (χ4v) is 0.171. The van der Waals surface area contributed by atoms with Crippen LogP contribution in [0.5, 0.6) is 0 Å². The SMILES string of the molecule is CC(O)CO.OC(F)(F)C(O)(F)C(F)(F)F. The van der Waals surface area contributed by atoms with E-state index in [1.807, 2.05) is 0 Å². The van der Waals surface area contributed by atoms with E-state index in [-0.39, 0.29) is 6.61 Å². The molecule has 0 fully saturated rings. The van der Waals surface area contributed by atoms with Crippen molar-refractivity contribution in [2.45, 2.75) is 31.2 Å². The van der Waals surface area contributed by atoms with E-state index in [0.717, 1.165) is 0 Å². The van der Waals surface area contributed by atoms with E-state index in [1.165, 1.54) is 6.92 Å². The van der Waals surface area contributed by atoms with E-state index >= 15 is 0 Å². The van der Waals surface area contributed by atoms with Crippen LogP contribution in [0.3, 0.4) is 0 Å².